The number of nitrogens with zero attached hydrogens (tertiary/aromatic N) is 2. The summed E-state index contributed by atoms with van der Waals surface area (Å²) in [6.07, 6.45) is 0.913. The molecule has 1 aliphatic heterocycles. The number of nitro benzene ring substituents is 1. The molecule has 0 saturated carbocycles. The normalized spacial score (nSPS) is 14.1. The van der Waals surface area contributed by atoms with Crippen LogP contribution < -0.4 is 9.62 Å². The summed E-state index contributed by atoms with van der Waals surface area (Å²) in [5, 5.41) is 10.9. The fraction of sp³-hybridized carbons (Fsp3) is 0.316. The average Bonchev–Trinajstić information content (AvgIpc) is 2.63. The largest absolute Gasteiger partial charge is 0.312 e. The van der Waals surface area contributed by atoms with Crippen LogP contribution in [0.15, 0.2) is 47.4 Å². The van der Waals surface area contributed by atoms with Crippen molar-refractivity contribution in [3.63, 3.8) is 0 Å². The predicted molar refractivity (Wildman–Crippen MR) is 106 cm³/mol. The highest BCUT2D eigenvalue weighted by molar-refractivity contribution is 7.92. The van der Waals surface area contributed by atoms with Crippen LogP contribution >= 0.6 is 0 Å². The van der Waals surface area contributed by atoms with Crippen molar-refractivity contribution in [1.29, 1.82) is 0 Å². The Morgan fingerprint density at radius 1 is 1.18 bits per heavy atom. The number of anilines is 2. The second kappa shape index (κ2) is 7.59. The van der Waals surface area contributed by atoms with Gasteiger partial charge in [-0.25, -0.2) is 8.42 Å². The fourth-order valence-electron chi connectivity index (χ4n) is 3.17. The maximum atomic E-state index is 12.6. The summed E-state index contributed by atoms with van der Waals surface area (Å²) in [7, 11) is -3.97. The Bertz CT molecular complexity index is 1030. The van der Waals surface area contributed by atoms with E-state index in [1.54, 1.807) is 23.1 Å². The lowest BCUT2D eigenvalue weighted by atomic mass is 9.99. The van der Waals surface area contributed by atoms with Gasteiger partial charge in [-0.05, 0) is 42.2 Å². The Labute approximate surface area is 163 Å². The minimum Gasteiger partial charge on any atom is -0.312 e. The molecule has 3 rings (SSSR count). The van der Waals surface area contributed by atoms with E-state index >= 15 is 0 Å². The van der Waals surface area contributed by atoms with E-state index in [0.717, 1.165) is 17.3 Å². The zero-order chi connectivity index (χ0) is 20.5. The van der Waals surface area contributed by atoms with Gasteiger partial charge in [-0.1, -0.05) is 19.9 Å². The lowest BCUT2D eigenvalue weighted by molar-refractivity contribution is -0.385. The van der Waals surface area contributed by atoms with Gasteiger partial charge in [0.05, 0.1) is 9.82 Å². The molecule has 8 nitrogen and oxygen atoms in total. The van der Waals surface area contributed by atoms with Gasteiger partial charge in [-0.2, -0.15) is 0 Å². The molecular formula is C19H21N3O5S. The lowest BCUT2D eigenvalue weighted by Gasteiger charge is -2.31. The highest BCUT2D eigenvalue weighted by Crippen LogP contribution is 2.32. The van der Waals surface area contributed by atoms with E-state index in [2.05, 4.69) is 4.72 Å². The number of hydrogen-bond donors (Lipinski definition) is 1. The van der Waals surface area contributed by atoms with Gasteiger partial charge in [0.2, 0.25) is 5.91 Å². The van der Waals surface area contributed by atoms with Crippen LogP contribution in [0, 0.1) is 16.0 Å². The molecular weight excluding hydrogens is 382 g/mol. The summed E-state index contributed by atoms with van der Waals surface area (Å²) in [6, 6.07) is 9.93. The van der Waals surface area contributed by atoms with Crippen molar-refractivity contribution in [1.82, 2.24) is 0 Å². The fourth-order valence-corrected chi connectivity index (χ4v) is 4.26. The van der Waals surface area contributed by atoms with Gasteiger partial charge in [-0.15, -0.1) is 0 Å². The predicted octanol–water partition coefficient (Wildman–Crippen LogP) is 3.33. The zero-order valence-corrected chi connectivity index (χ0v) is 16.4. The Morgan fingerprint density at radius 3 is 2.61 bits per heavy atom. The molecule has 28 heavy (non-hydrogen) atoms. The van der Waals surface area contributed by atoms with Gasteiger partial charge >= 0.3 is 0 Å². The van der Waals surface area contributed by atoms with Crippen molar-refractivity contribution in [3.05, 3.63) is 58.1 Å². The lowest BCUT2D eigenvalue weighted by Crippen LogP contribution is -2.37. The SMILES string of the molecule is CC(C)CN1C(=O)CCc2cc(NS(=O)(=O)c3cccc([N+](=O)[O-])c3)ccc21. The van der Waals surface area contributed by atoms with Gasteiger partial charge in [0, 0.05) is 36.5 Å². The number of rotatable bonds is 6. The highest BCUT2D eigenvalue weighted by Gasteiger charge is 2.25. The number of carbonyl (C=O) groups excluding carboxylic acids is 1. The van der Waals surface area contributed by atoms with E-state index in [4.69, 9.17) is 0 Å². The summed E-state index contributed by atoms with van der Waals surface area (Å²) in [5.74, 6) is 0.369. The monoisotopic (exact) mass is 403 g/mol. The first kappa shape index (κ1) is 19.8. The number of non-ortho nitro benzene ring substituents is 1. The van der Waals surface area contributed by atoms with Crippen LogP contribution in [-0.2, 0) is 21.2 Å². The number of nitrogens with one attached hydrogen (secondary N) is 1. The third-order valence-electron chi connectivity index (χ3n) is 4.42. The van der Waals surface area contributed by atoms with Gasteiger partial charge < -0.3 is 4.90 Å². The van der Waals surface area contributed by atoms with Gasteiger partial charge in [-0.3, -0.25) is 19.6 Å². The van der Waals surface area contributed by atoms with Crippen LogP contribution in [0.5, 0.6) is 0 Å². The van der Waals surface area contributed by atoms with Crippen molar-refractivity contribution in [2.24, 2.45) is 5.92 Å². The molecule has 0 spiro atoms. The van der Waals surface area contributed by atoms with Crippen LogP contribution in [0.1, 0.15) is 25.8 Å². The first-order valence-corrected chi connectivity index (χ1v) is 10.4. The van der Waals surface area contributed by atoms with Crippen LogP contribution in [0.3, 0.4) is 0 Å². The third-order valence-corrected chi connectivity index (χ3v) is 5.80. The third kappa shape index (κ3) is 4.14. The molecule has 0 saturated heterocycles. The molecule has 0 aromatic heterocycles. The van der Waals surface area contributed by atoms with Crippen LogP contribution in [0.2, 0.25) is 0 Å². The number of sulfonamides is 1. The van der Waals surface area contributed by atoms with Crippen molar-refractivity contribution in [2.75, 3.05) is 16.2 Å². The molecule has 1 aliphatic rings. The molecule has 0 unspecified atom stereocenters. The first-order chi connectivity index (χ1) is 13.2. The Morgan fingerprint density at radius 2 is 1.93 bits per heavy atom. The zero-order valence-electron chi connectivity index (χ0n) is 15.6. The molecule has 0 radical (unpaired) electrons. The molecule has 0 atom stereocenters. The van der Waals surface area contributed by atoms with E-state index in [9.17, 15) is 23.3 Å². The van der Waals surface area contributed by atoms with E-state index in [-0.39, 0.29) is 16.5 Å². The van der Waals surface area contributed by atoms with Crippen molar-refractivity contribution < 1.29 is 18.1 Å². The Balaban J connectivity index is 1.89. The molecule has 148 valence electrons. The number of benzene rings is 2. The summed E-state index contributed by atoms with van der Waals surface area (Å²) in [4.78, 5) is 24.0. The van der Waals surface area contributed by atoms with Gasteiger partial charge in [0.1, 0.15) is 0 Å². The first-order valence-electron chi connectivity index (χ1n) is 8.88. The second-order valence-corrected chi connectivity index (χ2v) is 8.78. The maximum absolute atomic E-state index is 12.6. The Hall–Kier alpha value is -2.94. The number of amides is 1. The van der Waals surface area contributed by atoms with Crippen LogP contribution in [0.4, 0.5) is 17.1 Å². The number of fused-ring (bicyclic) bond motifs is 1. The van der Waals surface area contributed by atoms with E-state index in [1.165, 1.54) is 18.2 Å². The number of nitro groups is 1. The smallest absolute Gasteiger partial charge is 0.270 e. The number of carbonyl (C=O) groups is 1. The quantitative estimate of drug-likeness (QED) is 0.588. The van der Waals surface area contributed by atoms with Crippen LogP contribution in [0.25, 0.3) is 0 Å². The highest BCUT2D eigenvalue weighted by atomic mass is 32.2. The molecule has 9 heteroatoms. The Kier molecular flexibility index (Phi) is 5.37. The number of aryl methyl sites for hydroxylation is 1. The minimum atomic E-state index is -3.97. The summed E-state index contributed by atoms with van der Waals surface area (Å²) >= 11 is 0. The van der Waals surface area contributed by atoms with Gasteiger partial charge in [0.15, 0.2) is 0 Å². The minimum absolute atomic E-state index is 0.0612. The van der Waals surface area contributed by atoms with Crippen molar-refractivity contribution >= 4 is 33.0 Å². The molecule has 0 aliphatic carbocycles. The average molecular weight is 403 g/mol. The molecule has 1 N–H and O–H groups in total. The molecule has 1 heterocycles. The topological polar surface area (TPSA) is 110 Å². The van der Waals surface area contributed by atoms with Crippen LogP contribution in [-0.4, -0.2) is 25.8 Å². The maximum Gasteiger partial charge on any atom is 0.270 e. The van der Waals surface area contributed by atoms with E-state index in [0.29, 0.717) is 31.0 Å². The molecule has 2 aromatic carbocycles. The van der Waals surface area contributed by atoms with Crippen molar-refractivity contribution in [2.45, 2.75) is 31.6 Å². The van der Waals surface area contributed by atoms with E-state index < -0.39 is 14.9 Å². The summed E-state index contributed by atoms with van der Waals surface area (Å²) < 4.78 is 27.7. The van der Waals surface area contributed by atoms with E-state index in [1.807, 2.05) is 13.8 Å². The summed E-state index contributed by atoms with van der Waals surface area (Å²) in [6.45, 7) is 4.66. The molecule has 1 amide bonds. The molecule has 0 bridgehead atoms. The molecule has 2 aromatic rings. The van der Waals surface area contributed by atoms with Crippen molar-refractivity contribution in [3.8, 4) is 0 Å². The summed E-state index contributed by atoms with van der Waals surface area (Å²) in [5.41, 5.74) is 1.74. The standard InChI is InChI=1S/C19H21N3O5S/c1-13(2)12-21-18-8-7-15(10-14(18)6-9-19(21)23)20-28(26,27)17-5-3-4-16(11-17)22(24)25/h3-5,7-8,10-11,13,20H,6,9,12H2,1-2H3. The van der Waals surface area contributed by atoms with Gasteiger partial charge in [0.25, 0.3) is 15.7 Å². The molecule has 0 fully saturated rings. The number of hydrogen-bond acceptors (Lipinski definition) is 5. The second-order valence-electron chi connectivity index (χ2n) is 7.10.